The molecule has 0 amide bonds. The van der Waals surface area contributed by atoms with E-state index in [1.807, 2.05) is 6.92 Å². The third-order valence-electron chi connectivity index (χ3n) is 3.74. The van der Waals surface area contributed by atoms with Gasteiger partial charge in [0.25, 0.3) is 5.56 Å². The summed E-state index contributed by atoms with van der Waals surface area (Å²) in [5.74, 6) is 0.704. The van der Waals surface area contributed by atoms with Gasteiger partial charge in [-0.2, -0.15) is 5.10 Å². The van der Waals surface area contributed by atoms with Crippen molar-refractivity contribution < 1.29 is 4.42 Å². The first-order valence-corrected chi connectivity index (χ1v) is 7.03. The fraction of sp³-hybridized carbons (Fsp3) is 0.500. The lowest BCUT2D eigenvalue weighted by Gasteiger charge is -2.35. The van der Waals surface area contributed by atoms with Gasteiger partial charge in [-0.3, -0.25) is 9.69 Å². The largest absolute Gasteiger partial charge is 0.449 e. The molecule has 2 aromatic rings. The maximum absolute atomic E-state index is 11.6. The SMILES string of the molecule is Cc1nc(CN2CCN(c3cnn(C)c(=O)c3)CC2)co1. The summed E-state index contributed by atoms with van der Waals surface area (Å²) in [6.07, 6.45) is 3.46. The maximum Gasteiger partial charge on any atom is 0.268 e. The molecule has 1 saturated heterocycles. The average molecular weight is 289 g/mol. The summed E-state index contributed by atoms with van der Waals surface area (Å²) in [4.78, 5) is 20.5. The predicted molar refractivity (Wildman–Crippen MR) is 78.2 cm³/mol. The maximum atomic E-state index is 11.6. The van der Waals surface area contributed by atoms with Crippen molar-refractivity contribution in [3.8, 4) is 0 Å². The van der Waals surface area contributed by atoms with E-state index in [1.54, 1.807) is 25.6 Å². The number of nitrogens with zero attached hydrogens (tertiary/aromatic N) is 5. The number of rotatable bonds is 3. The Kier molecular flexibility index (Phi) is 3.74. The highest BCUT2D eigenvalue weighted by atomic mass is 16.3. The first-order chi connectivity index (χ1) is 10.1. The van der Waals surface area contributed by atoms with E-state index >= 15 is 0 Å². The van der Waals surface area contributed by atoms with Gasteiger partial charge in [-0.25, -0.2) is 9.67 Å². The van der Waals surface area contributed by atoms with Gasteiger partial charge in [-0.1, -0.05) is 0 Å². The molecule has 3 heterocycles. The zero-order valence-corrected chi connectivity index (χ0v) is 12.3. The number of piperazine rings is 1. The molecule has 7 heteroatoms. The average Bonchev–Trinajstić information content (AvgIpc) is 2.88. The molecule has 0 bridgehead atoms. The summed E-state index contributed by atoms with van der Waals surface area (Å²) in [5.41, 5.74) is 1.79. The fourth-order valence-electron chi connectivity index (χ4n) is 2.51. The number of hydrogen-bond acceptors (Lipinski definition) is 6. The molecule has 0 aromatic carbocycles. The van der Waals surface area contributed by atoms with Crippen LogP contribution in [0.3, 0.4) is 0 Å². The molecule has 0 unspecified atom stereocenters. The Morgan fingerprint density at radius 1 is 1.29 bits per heavy atom. The molecule has 0 aliphatic carbocycles. The molecule has 7 nitrogen and oxygen atoms in total. The van der Waals surface area contributed by atoms with Crippen LogP contribution in [-0.2, 0) is 13.6 Å². The van der Waals surface area contributed by atoms with Crippen LogP contribution >= 0.6 is 0 Å². The normalized spacial score (nSPS) is 16.4. The second kappa shape index (κ2) is 5.69. The van der Waals surface area contributed by atoms with Crippen molar-refractivity contribution in [2.75, 3.05) is 31.1 Å². The zero-order valence-electron chi connectivity index (χ0n) is 12.3. The van der Waals surface area contributed by atoms with Crippen molar-refractivity contribution in [1.29, 1.82) is 0 Å². The first kappa shape index (κ1) is 13.8. The highest BCUT2D eigenvalue weighted by Gasteiger charge is 2.18. The Balaban J connectivity index is 1.59. The van der Waals surface area contributed by atoms with E-state index < -0.39 is 0 Å². The first-order valence-electron chi connectivity index (χ1n) is 7.03. The Morgan fingerprint density at radius 2 is 2.05 bits per heavy atom. The van der Waals surface area contributed by atoms with Gasteiger partial charge in [-0.15, -0.1) is 0 Å². The molecule has 2 aromatic heterocycles. The Labute approximate surface area is 122 Å². The molecule has 0 spiro atoms. The number of hydrogen-bond donors (Lipinski definition) is 0. The number of oxazole rings is 1. The van der Waals surface area contributed by atoms with Crippen LogP contribution in [0.5, 0.6) is 0 Å². The topological polar surface area (TPSA) is 67.4 Å². The summed E-state index contributed by atoms with van der Waals surface area (Å²) in [7, 11) is 1.66. The molecule has 112 valence electrons. The van der Waals surface area contributed by atoms with Gasteiger partial charge in [0.2, 0.25) is 0 Å². The molecule has 1 fully saturated rings. The van der Waals surface area contributed by atoms with Crippen LogP contribution in [0.2, 0.25) is 0 Å². The Bertz CT molecular complexity index is 670. The van der Waals surface area contributed by atoms with Gasteiger partial charge >= 0.3 is 0 Å². The lowest BCUT2D eigenvalue weighted by Crippen LogP contribution is -2.46. The number of anilines is 1. The molecule has 21 heavy (non-hydrogen) atoms. The van der Waals surface area contributed by atoms with E-state index in [0.717, 1.165) is 44.1 Å². The fourth-order valence-corrected chi connectivity index (χ4v) is 2.51. The molecule has 0 atom stereocenters. The minimum atomic E-state index is -0.0759. The minimum Gasteiger partial charge on any atom is -0.449 e. The summed E-state index contributed by atoms with van der Waals surface area (Å²) >= 11 is 0. The standard InChI is InChI=1S/C14H19N5O2/c1-11-16-12(10-21-11)9-18-3-5-19(6-4-18)13-7-14(20)17(2)15-8-13/h7-8,10H,3-6,9H2,1-2H3. The third-order valence-corrected chi connectivity index (χ3v) is 3.74. The minimum absolute atomic E-state index is 0.0759. The van der Waals surface area contributed by atoms with Crippen LogP contribution in [0.4, 0.5) is 5.69 Å². The summed E-state index contributed by atoms with van der Waals surface area (Å²) in [6, 6.07) is 1.64. The van der Waals surface area contributed by atoms with Crippen molar-refractivity contribution in [1.82, 2.24) is 19.7 Å². The van der Waals surface area contributed by atoms with Gasteiger partial charge in [-0.05, 0) is 0 Å². The molecule has 0 radical (unpaired) electrons. The predicted octanol–water partition coefficient (Wildman–Crippen LogP) is 0.399. The highest BCUT2D eigenvalue weighted by molar-refractivity contribution is 5.43. The van der Waals surface area contributed by atoms with Crippen molar-refractivity contribution >= 4 is 5.69 Å². The second-order valence-electron chi connectivity index (χ2n) is 5.30. The van der Waals surface area contributed by atoms with Crippen LogP contribution in [0, 0.1) is 6.92 Å². The van der Waals surface area contributed by atoms with Crippen LogP contribution < -0.4 is 10.5 Å². The van der Waals surface area contributed by atoms with E-state index in [1.165, 1.54) is 4.68 Å². The summed E-state index contributed by atoms with van der Waals surface area (Å²) in [5, 5.41) is 4.07. The molecular weight excluding hydrogens is 270 g/mol. The van der Waals surface area contributed by atoms with Crippen LogP contribution in [-0.4, -0.2) is 45.8 Å². The monoisotopic (exact) mass is 289 g/mol. The molecule has 0 saturated carbocycles. The molecule has 1 aliphatic heterocycles. The Hall–Kier alpha value is -2.15. The Morgan fingerprint density at radius 3 is 2.67 bits per heavy atom. The molecular formula is C14H19N5O2. The van der Waals surface area contributed by atoms with Gasteiger partial charge < -0.3 is 9.32 Å². The molecule has 1 aliphatic rings. The van der Waals surface area contributed by atoms with E-state index in [2.05, 4.69) is 19.9 Å². The van der Waals surface area contributed by atoms with Crippen LogP contribution in [0.25, 0.3) is 0 Å². The lowest BCUT2D eigenvalue weighted by molar-refractivity contribution is 0.247. The van der Waals surface area contributed by atoms with Crippen molar-refractivity contribution in [3.63, 3.8) is 0 Å². The van der Waals surface area contributed by atoms with Crippen LogP contribution in [0.1, 0.15) is 11.6 Å². The van der Waals surface area contributed by atoms with Gasteiger partial charge in [0.05, 0.1) is 17.6 Å². The van der Waals surface area contributed by atoms with E-state index in [9.17, 15) is 4.79 Å². The van der Waals surface area contributed by atoms with Crippen molar-refractivity contribution in [2.45, 2.75) is 13.5 Å². The zero-order chi connectivity index (χ0) is 14.8. The van der Waals surface area contributed by atoms with Gasteiger partial charge in [0, 0.05) is 52.8 Å². The summed E-state index contributed by atoms with van der Waals surface area (Å²) in [6.45, 7) is 6.28. The van der Waals surface area contributed by atoms with E-state index in [4.69, 9.17) is 4.42 Å². The summed E-state index contributed by atoms with van der Waals surface area (Å²) < 4.78 is 6.57. The van der Waals surface area contributed by atoms with E-state index in [-0.39, 0.29) is 5.56 Å². The molecule has 3 rings (SSSR count). The van der Waals surface area contributed by atoms with E-state index in [0.29, 0.717) is 5.89 Å². The lowest BCUT2D eigenvalue weighted by atomic mass is 10.2. The third kappa shape index (κ3) is 3.13. The quantitative estimate of drug-likeness (QED) is 0.815. The van der Waals surface area contributed by atoms with Gasteiger partial charge in [0.1, 0.15) is 6.26 Å². The van der Waals surface area contributed by atoms with Crippen LogP contribution in [0.15, 0.2) is 27.7 Å². The number of aromatic nitrogens is 3. The molecule has 0 N–H and O–H groups in total. The van der Waals surface area contributed by atoms with Gasteiger partial charge in [0.15, 0.2) is 5.89 Å². The van der Waals surface area contributed by atoms with Crippen molar-refractivity contribution in [3.05, 3.63) is 40.5 Å². The second-order valence-corrected chi connectivity index (χ2v) is 5.30. The number of aryl methyl sites for hydroxylation is 2. The van der Waals surface area contributed by atoms with Crippen molar-refractivity contribution in [2.24, 2.45) is 7.05 Å². The highest BCUT2D eigenvalue weighted by Crippen LogP contribution is 2.14. The smallest absolute Gasteiger partial charge is 0.268 e.